The first-order chi connectivity index (χ1) is 12.8. The van der Waals surface area contributed by atoms with Crippen LogP contribution in [0.4, 0.5) is 4.39 Å². The summed E-state index contributed by atoms with van der Waals surface area (Å²) in [7, 11) is 2.78. The molecule has 0 fully saturated rings. The van der Waals surface area contributed by atoms with Gasteiger partial charge in [-0.15, -0.1) is 0 Å². The summed E-state index contributed by atoms with van der Waals surface area (Å²) in [6, 6.07) is 3.65. The molecule has 2 heterocycles. The van der Waals surface area contributed by atoms with Crippen molar-refractivity contribution in [1.82, 2.24) is 9.55 Å². The van der Waals surface area contributed by atoms with E-state index in [4.69, 9.17) is 13.9 Å². The molecule has 1 aromatic carbocycles. The van der Waals surface area contributed by atoms with E-state index in [0.717, 1.165) is 6.07 Å². The average Bonchev–Trinajstić information content (AvgIpc) is 2.99. The molecule has 0 unspecified atom stereocenters. The van der Waals surface area contributed by atoms with Crippen LogP contribution in [0.5, 0.6) is 5.75 Å². The lowest BCUT2D eigenvalue weighted by molar-refractivity contribution is 0.0474. The SMILES string of the molecule is COc1ccc(C(=O)COC(=O)c2c(C)oc3ncn(C)c(=O)c23)cc1F. The fourth-order valence-electron chi connectivity index (χ4n) is 2.56. The molecule has 8 nitrogen and oxygen atoms in total. The minimum absolute atomic E-state index is 0.00565. The molecule has 3 rings (SSSR count). The predicted octanol–water partition coefficient (Wildman–Crippen LogP) is 2.02. The van der Waals surface area contributed by atoms with Crippen molar-refractivity contribution in [3.63, 3.8) is 0 Å². The van der Waals surface area contributed by atoms with Gasteiger partial charge in [0.15, 0.2) is 24.0 Å². The van der Waals surface area contributed by atoms with Crippen LogP contribution in [-0.4, -0.2) is 35.0 Å². The normalized spacial score (nSPS) is 10.8. The molecule has 3 aromatic rings. The number of benzene rings is 1. The highest BCUT2D eigenvalue weighted by atomic mass is 19.1. The Hall–Kier alpha value is -3.49. The second-order valence-corrected chi connectivity index (χ2v) is 5.72. The summed E-state index contributed by atoms with van der Waals surface area (Å²) in [6.07, 6.45) is 1.27. The number of fused-ring (bicyclic) bond motifs is 1. The molecule has 0 amide bonds. The lowest BCUT2D eigenvalue weighted by Crippen LogP contribution is -2.20. The van der Waals surface area contributed by atoms with E-state index >= 15 is 0 Å². The predicted molar refractivity (Wildman–Crippen MR) is 91.6 cm³/mol. The third kappa shape index (κ3) is 3.31. The second kappa shape index (κ2) is 7.02. The number of carbonyl (C=O) groups excluding carboxylic acids is 2. The van der Waals surface area contributed by atoms with Gasteiger partial charge in [0, 0.05) is 12.6 Å². The summed E-state index contributed by atoms with van der Waals surface area (Å²) in [5, 5.41) is -0.0227. The lowest BCUT2D eigenvalue weighted by atomic mass is 10.1. The zero-order chi connectivity index (χ0) is 19.7. The van der Waals surface area contributed by atoms with Gasteiger partial charge in [-0.25, -0.2) is 14.2 Å². The van der Waals surface area contributed by atoms with Gasteiger partial charge in [0.2, 0.25) is 5.71 Å². The van der Waals surface area contributed by atoms with Gasteiger partial charge in [-0.2, -0.15) is 0 Å². The first-order valence-electron chi connectivity index (χ1n) is 7.82. The Morgan fingerprint density at radius 3 is 2.74 bits per heavy atom. The number of halogens is 1. The van der Waals surface area contributed by atoms with Gasteiger partial charge in [-0.1, -0.05) is 0 Å². The Kier molecular flexibility index (Phi) is 4.76. The summed E-state index contributed by atoms with van der Waals surface area (Å²) >= 11 is 0. The molecule has 0 saturated heterocycles. The topological polar surface area (TPSA) is 101 Å². The lowest BCUT2D eigenvalue weighted by Gasteiger charge is -2.06. The van der Waals surface area contributed by atoms with Crippen LogP contribution >= 0.6 is 0 Å². The van der Waals surface area contributed by atoms with Gasteiger partial charge in [0.1, 0.15) is 23.0 Å². The fourth-order valence-corrected chi connectivity index (χ4v) is 2.56. The molecule has 0 radical (unpaired) electrons. The number of esters is 1. The van der Waals surface area contributed by atoms with E-state index in [1.165, 1.54) is 44.1 Å². The van der Waals surface area contributed by atoms with Crippen molar-refractivity contribution in [1.29, 1.82) is 0 Å². The minimum atomic E-state index is -0.904. The number of furan rings is 1. The Bertz CT molecular complexity index is 1110. The van der Waals surface area contributed by atoms with Gasteiger partial charge in [-0.3, -0.25) is 9.59 Å². The largest absolute Gasteiger partial charge is 0.494 e. The quantitative estimate of drug-likeness (QED) is 0.497. The van der Waals surface area contributed by atoms with E-state index in [1.54, 1.807) is 0 Å². The van der Waals surface area contributed by atoms with Gasteiger partial charge in [-0.05, 0) is 25.1 Å². The summed E-state index contributed by atoms with van der Waals surface area (Å²) in [5.74, 6) is -2.08. The molecule has 0 N–H and O–H groups in total. The van der Waals surface area contributed by atoms with Crippen LogP contribution in [0, 0.1) is 12.7 Å². The fraction of sp³-hybridized carbons (Fsp3) is 0.222. The van der Waals surface area contributed by atoms with Crippen LogP contribution in [0.25, 0.3) is 11.1 Å². The van der Waals surface area contributed by atoms with Crippen LogP contribution in [-0.2, 0) is 11.8 Å². The monoisotopic (exact) mass is 374 g/mol. The summed E-state index contributed by atoms with van der Waals surface area (Å²) in [6.45, 7) is 0.857. The van der Waals surface area contributed by atoms with E-state index in [2.05, 4.69) is 4.98 Å². The number of methoxy groups -OCH3 is 1. The first kappa shape index (κ1) is 18.3. The molecule has 9 heteroatoms. The molecular weight excluding hydrogens is 359 g/mol. The molecule has 0 aliphatic carbocycles. The van der Waals surface area contributed by atoms with E-state index in [-0.39, 0.29) is 33.7 Å². The van der Waals surface area contributed by atoms with Gasteiger partial charge >= 0.3 is 5.97 Å². The first-order valence-corrected chi connectivity index (χ1v) is 7.82. The van der Waals surface area contributed by atoms with E-state index in [9.17, 15) is 18.8 Å². The van der Waals surface area contributed by atoms with Gasteiger partial charge < -0.3 is 18.5 Å². The number of carbonyl (C=O) groups is 2. The summed E-state index contributed by atoms with van der Waals surface area (Å²) < 4.78 is 30.0. The van der Waals surface area contributed by atoms with Crippen molar-refractivity contribution < 1.29 is 27.9 Å². The maximum atomic E-state index is 13.7. The molecule has 2 aromatic heterocycles. The van der Waals surface area contributed by atoms with E-state index < -0.39 is 29.7 Å². The number of hydrogen-bond donors (Lipinski definition) is 0. The summed E-state index contributed by atoms with van der Waals surface area (Å²) in [5.41, 5.74) is -0.543. The number of Topliss-reactive ketones (excluding diaryl/α,β-unsaturated/α-hetero) is 1. The highest BCUT2D eigenvalue weighted by molar-refractivity contribution is 6.05. The highest BCUT2D eigenvalue weighted by Crippen LogP contribution is 2.22. The maximum absolute atomic E-state index is 13.7. The second-order valence-electron chi connectivity index (χ2n) is 5.72. The van der Waals surface area contributed by atoms with Crippen molar-refractivity contribution >= 4 is 22.9 Å². The molecule has 0 aliphatic rings. The Morgan fingerprint density at radius 2 is 2.07 bits per heavy atom. The molecule has 0 saturated carbocycles. The molecular formula is C18H15FN2O6. The van der Waals surface area contributed by atoms with Crippen LogP contribution in [0.2, 0.25) is 0 Å². The number of rotatable bonds is 5. The number of ether oxygens (including phenoxy) is 2. The Morgan fingerprint density at radius 1 is 1.33 bits per heavy atom. The van der Waals surface area contributed by atoms with Crippen molar-refractivity contribution in [2.45, 2.75) is 6.92 Å². The average molecular weight is 374 g/mol. The highest BCUT2D eigenvalue weighted by Gasteiger charge is 2.24. The molecule has 140 valence electrons. The smallest absolute Gasteiger partial charge is 0.343 e. The molecule has 0 aliphatic heterocycles. The van der Waals surface area contributed by atoms with Crippen LogP contribution in [0.3, 0.4) is 0 Å². The third-order valence-electron chi connectivity index (χ3n) is 3.96. The molecule has 27 heavy (non-hydrogen) atoms. The standard InChI is InChI=1S/C18H15FN2O6/c1-9-14(15-16(27-9)20-8-21(2)17(15)23)18(24)26-7-12(22)10-4-5-13(25-3)11(19)6-10/h4-6,8H,7H2,1-3H3. The molecule has 0 bridgehead atoms. The Labute approximate surface area is 152 Å². The van der Waals surface area contributed by atoms with Crippen molar-refractivity contribution in [3.8, 4) is 5.75 Å². The zero-order valence-corrected chi connectivity index (χ0v) is 14.7. The van der Waals surface area contributed by atoms with Crippen molar-refractivity contribution in [2.75, 3.05) is 13.7 Å². The number of aromatic nitrogens is 2. The van der Waals surface area contributed by atoms with Crippen LogP contribution < -0.4 is 10.3 Å². The maximum Gasteiger partial charge on any atom is 0.343 e. The van der Waals surface area contributed by atoms with Gasteiger partial charge in [0.05, 0.1) is 7.11 Å². The van der Waals surface area contributed by atoms with Crippen LogP contribution in [0.1, 0.15) is 26.5 Å². The van der Waals surface area contributed by atoms with E-state index in [0.29, 0.717) is 0 Å². The van der Waals surface area contributed by atoms with E-state index in [1.807, 2.05) is 0 Å². The van der Waals surface area contributed by atoms with Crippen molar-refractivity contribution in [2.24, 2.45) is 7.05 Å². The zero-order valence-electron chi connectivity index (χ0n) is 14.7. The van der Waals surface area contributed by atoms with Gasteiger partial charge in [0.25, 0.3) is 5.56 Å². The van der Waals surface area contributed by atoms with Crippen molar-refractivity contribution in [3.05, 3.63) is 57.6 Å². The van der Waals surface area contributed by atoms with Crippen LogP contribution in [0.15, 0.2) is 33.7 Å². The minimum Gasteiger partial charge on any atom is -0.494 e. The summed E-state index contributed by atoms with van der Waals surface area (Å²) in [4.78, 5) is 40.8. The number of nitrogens with zero attached hydrogens (tertiary/aromatic N) is 2. The Balaban J connectivity index is 1.82. The third-order valence-corrected chi connectivity index (χ3v) is 3.96. The number of ketones is 1. The molecule has 0 atom stereocenters. The molecule has 0 spiro atoms. The number of aryl methyl sites for hydroxylation is 2. The number of hydrogen-bond acceptors (Lipinski definition) is 7.